The van der Waals surface area contributed by atoms with E-state index >= 15 is 0 Å². The number of nitrogens with zero attached hydrogens (tertiary/aromatic N) is 3. The fourth-order valence-electron chi connectivity index (χ4n) is 2.25. The van der Waals surface area contributed by atoms with Gasteiger partial charge in [-0.05, 0) is 44.6 Å². The van der Waals surface area contributed by atoms with Crippen LogP contribution < -0.4 is 10.6 Å². The normalized spacial score (nSPS) is 12.2. The van der Waals surface area contributed by atoms with Gasteiger partial charge in [-0.1, -0.05) is 25.1 Å². The quantitative estimate of drug-likeness (QED) is 0.350. The number of rotatable bonds is 7. The Morgan fingerprint density at radius 1 is 1.29 bits per heavy atom. The van der Waals surface area contributed by atoms with Crippen molar-refractivity contribution < 1.29 is 5.21 Å². The zero-order chi connectivity index (χ0) is 16.0. The molecule has 0 aliphatic heterocycles. The third-order valence-corrected chi connectivity index (χ3v) is 3.28. The lowest BCUT2D eigenvalue weighted by Gasteiger charge is -2.30. The summed E-state index contributed by atoms with van der Waals surface area (Å²) in [6.45, 7) is 9.24. The Bertz CT molecular complexity index is 483. The van der Waals surface area contributed by atoms with Crippen LogP contribution in [0.15, 0.2) is 23.4 Å². The predicted molar refractivity (Wildman–Crippen MR) is 89.3 cm³/mol. The minimum absolute atomic E-state index is 0.156. The number of likely N-dealkylation sites (N-methyl/N-ethyl adjacent to an activating group) is 1. The molecule has 1 aromatic carbocycles. The summed E-state index contributed by atoms with van der Waals surface area (Å²) in [5, 5.41) is 12.2. The number of amidine groups is 1. The molecule has 0 aliphatic rings. The maximum absolute atomic E-state index is 9.00. The molecule has 21 heavy (non-hydrogen) atoms. The zero-order valence-corrected chi connectivity index (χ0v) is 13.8. The predicted octanol–water partition coefficient (Wildman–Crippen LogP) is 2.11. The van der Waals surface area contributed by atoms with Crippen molar-refractivity contribution in [1.82, 2.24) is 4.90 Å². The molecule has 1 rings (SSSR count). The van der Waals surface area contributed by atoms with E-state index in [1.165, 1.54) is 0 Å². The Balaban J connectivity index is 3.17. The highest BCUT2D eigenvalue weighted by molar-refractivity contribution is 6.02. The molecular weight excluding hydrogens is 264 g/mol. The van der Waals surface area contributed by atoms with E-state index in [1.54, 1.807) is 0 Å². The van der Waals surface area contributed by atoms with Gasteiger partial charge in [-0.25, -0.2) is 0 Å². The largest absolute Gasteiger partial charge is 0.409 e. The first-order valence-corrected chi connectivity index (χ1v) is 7.33. The van der Waals surface area contributed by atoms with Gasteiger partial charge >= 0.3 is 0 Å². The molecule has 0 bridgehead atoms. The lowest BCUT2D eigenvalue weighted by Crippen LogP contribution is -2.36. The number of nitrogens with two attached hydrogens (primary N) is 1. The van der Waals surface area contributed by atoms with Crippen molar-refractivity contribution in [3.8, 4) is 0 Å². The number of benzene rings is 1. The number of aryl methyl sites for hydroxylation is 1. The van der Waals surface area contributed by atoms with E-state index in [2.05, 4.69) is 55.9 Å². The van der Waals surface area contributed by atoms with E-state index in [0.717, 1.165) is 36.4 Å². The molecule has 1 aromatic rings. The summed E-state index contributed by atoms with van der Waals surface area (Å²) in [4.78, 5) is 4.47. The van der Waals surface area contributed by atoms with Crippen LogP contribution >= 0.6 is 0 Å². The van der Waals surface area contributed by atoms with Gasteiger partial charge in [-0.3, -0.25) is 0 Å². The highest BCUT2D eigenvalue weighted by Gasteiger charge is 2.15. The molecule has 3 N–H and O–H groups in total. The number of hydrogen-bond donors (Lipinski definition) is 2. The van der Waals surface area contributed by atoms with E-state index in [4.69, 9.17) is 10.9 Å². The van der Waals surface area contributed by atoms with Crippen LogP contribution in [0.5, 0.6) is 0 Å². The second kappa shape index (κ2) is 7.88. The number of anilines is 1. The van der Waals surface area contributed by atoms with E-state index in [-0.39, 0.29) is 5.84 Å². The minimum Gasteiger partial charge on any atom is -0.409 e. The summed E-state index contributed by atoms with van der Waals surface area (Å²) in [6, 6.07) is 6.00. The zero-order valence-electron chi connectivity index (χ0n) is 13.8. The first-order chi connectivity index (χ1) is 9.85. The van der Waals surface area contributed by atoms with E-state index in [9.17, 15) is 0 Å². The van der Waals surface area contributed by atoms with Crippen molar-refractivity contribution >= 4 is 11.5 Å². The molecular formula is C16H28N4O. The van der Waals surface area contributed by atoms with Crippen molar-refractivity contribution in [2.45, 2.75) is 20.8 Å². The van der Waals surface area contributed by atoms with Crippen molar-refractivity contribution in [1.29, 1.82) is 0 Å². The van der Waals surface area contributed by atoms with Gasteiger partial charge in [0.05, 0.1) is 0 Å². The van der Waals surface area contributed by atoms with Gasteiger partial charge in [0, 0.05) is 30.9 Å². The van der Waals surface area contributed by atoms with Gasteiger partial charge in [0.15, 0.2) is 5.84 Å². The molecule has 0 atom stereocenters. The summed E-state index contributed by atoms with van der Waals surface area (Å²) in [5.41, 5.74) is 8.81. The van der Waals surface area contributed by atoms with E-state index in [1.807, 2.05) is 12.1 Å². The summed E-state index contributed by atoms with van der Waals surface area (Å²) >= 11 is 0. The molecule has 0 fully saturated rings. The average molecular weight is 292 g/mol. The fraction of sp³-hybridized carbons (Fsp3) is 0.562. The van der Waals surface area contributed by atoms with Gasteiger partial charge in [0.1, 0.15) is 0 Å². The standard InChI is InChI=1S/C16H28N4O/c1-12(2)11-20(9-8-19(4)5)15-10-13(3)6-7-14(15)16(17)18-21/h6-7,10,12,21H,8-9,11H2,1-5H3,(H2,17,18). The van der Waals surface area contributed by atoms with Crippen molar-refractivity contribution in [3.63, 3.8) is 0 Å². The average Bonchev–Trinajstić information content (AvgIpc) is 2.42. The first kappa shape index (κ1) is 17.3. The monoisotopic (exact) mass is 292 g/mol. The van der Waals surface area contributed by atoms with Gasteiger partial charge in [-0.15, -0.1) is 0 Å². The molecule has 0 aromatic heterocycles. The molecule has 0 radical (unpaired) electrons. The molecule has 0 saturated heterocycles. The third kappa shape index (κ3) is 5.27. The van der Waals surface area contributed by atoms with Crippen LogP contribution in [0.1, 0.15) is 25.0 Å². The van der Waals surface area contributed by atoms with Crippen LogP contribution in [0, 0.1) is 12.8 Å². The fourth-order valence-corrected chi connectivity index (χ4v) is 2.25. The lowest BCUT2D eigenvalue weighted by atomic mass is 10.1. The first-order valence-electron chi connectivity index (χ1n) is 7.33. The van der Waals surface area contributed by atoms with Crippen LogP contribution in [-0.2, 0) is 0 Å². The SMILES string of the molecule is Cc1ccc(C(N)=NO)c(N(CCN(C)C)CC(C)C)c1. The highest BCUT2D eigenvalue weighted by atomic mass is 16.4. The van der Waals surface area contributed by atoms with Crippen molar-refractivity contribution in [3.05, 3.63) is 29.3 Å². The Labute approximate surface area is 128 Å². The van der Waals surface area contributed by atoms with Crippen LogP contribution in [0.4, 0.5) is 5.69 Å². The van der Waals surface area contributed by atoms with Gasteiger partial charge in [0.2, 0.25) is 0 Å². The Kier molecular flexibility index (Phi) is 6.49. The third-order valence-electron chi connectivity index (χ3n) is 3.28. The van der Waals surface area contributed by atoms with E-state index in [0.29, 0.717) is 5.92 Å². The van der Waals surface area contributed by atoms with Crippen LogP contribution in [0.3, 0.4) is 0 Å². The summed E-state index contributed by atoms with van der Waals surface area (Å²) in [6.07, 6.45) is 0. The topological polar surface area (TPSA) is 65.1 Å². The Morgan fingerprint density at radius 2 is 1.95 bits per heavy atom. The smallest absolute Gasteiger partial charge is 0.172 e. The van der Waals surface area contributed by atoms with Crippen molar-refractivity contribution in [2.75, 3.05) is 38.6 Å². The number of hydrogen-bond acceptors (Lipinski definition) is 4. The summed E-state index contributed by atoms with van der Waals surface area (Å²) in [5.74, 6) is 0.691. The van der Waals surface area contributed by atoms with Crippen LogP contribution in [0.2, 0.25) is 0 Å². The number of oxime groups is 1. The molecule has 0 amide bonds. The molecule has 118 valence electrons. The Morgan fingerprint density at radius 3 is 2.48 bits per heavy atom. The van der Waals surface area contributed by atoms with Gasteiger partial charge < -0.3 is 20.7 Å². The van der Waals surface area contributed by atoms with E-state index < -0.39 is 0 Å². The molecule has 5 heteroatoms. The van der Waals surface area contributed by atoms with Crippen LogP contribution in [-0.4, -0.2) is 49.7 Å². The molecule has 0 heterocycles. The molecule has 0 saturated carbocycles. The maximum Gasteiger partial charge on any atom is 0.172 e. The van der Waals surface area contributed by atoms with Crippen molar-refractivity contribution in [2.24, 2.45) is 16.8 Å². The molecule has 0 unspecified atom stereocenters. The highest BCUT2D eigenvalue weighted by Crippen LogP contribution is 2.23. The van der Waals surface area contributed by atoms with Crippen LogP contribution in [0.25, 0.3) is 0 Å². The minimum atomic E-state index is 0.156. The second-order valence-electron chi connectivity index (χ2n) is 6.15. The maximum atomic E-state index is 9.00. The second-order valence-corrected chi connectivity index (χ2v) is 6.15. The molecule has 0 spiro atoms. The molecule has 0 aliphatic carbocycles. The Hall–Kier alpha value is -1.75. The van der Waals surface area contributed by atoms with Gasteiger partial charge in [-0.2, -0.15) is 0 Å². The van der Waals surface area contributed by atoms with Gasteiger partial charge in [0.25, 0.3) is 0 Å². The lowest BCUT2D eigenvalue weighted by molar-refractivity contribution is 0.318. The summed E-state index contributed by atoms with van der Waals surface area (Å²) in [7, 11) is 4.13. The summed E-state index contributed by atoms with van der Waals surface area (Å²) < 4.78 is 0. The molecule has 5 nitrogen and oxygen atoms in total.